The molecule has 0 spiro atoms. The molecule has 0 aliphatic rings. The van der Waals surface area contributed by atoms with Crippen LogP contribution in [0, 0.1) is 17.7 Å². The smallest absolute Gasteiger partial charge is 0.201 e. The van der Waals surface area contributed by atoms with Crippen LogP contribution in [0.25, 0.3) is 0 Å². The standard InChI is InChI=1S/C10H11F2O3S/c1-16(13,14)7-3-6-15-9-5-2-4-8(11)10(9)12/h2,4H,3,6-7H2,1H3. The number of hydrogen-bond donors (Lipinski definition) is 0. The van der Waals surface area contributed by atoms with Gasteiger partial charge in [0.25, 0.3) is 0 Å². The predicted molar refractivity (Wildman–Crippen MR) is 55.0 cm³/mol. The van der Waals surface area contributed by atoms with Gasteiger partial charge in [0.1, 0.15) is 9.84 Å². The Balaban J connectivity index is 2.47. The minimum atomic E-state index is -3.05. The van der Waals surface area contributed by atoms with Crippen LogP contribution in [0.15, 0.2) is 12.1 Å². The third-order valence-corrected chi connectivity index (χ3v) is 2.79. The molecule has 0 N–H and O–H groups in total. The Kier molecular flexibility index (Phi) is 4.23. The van der Waals surface area contributed by atoms with Crippen molar-refractivity contribution in [2.75, 3.05) is 18.6 Å². The Morgan fingerprint density at radius 1 is 1.44 bits per heavy atom. The van der Waals surface area contributed by atoms with Crippen LogP contribution in [0.3, 0.4) is 0 Å². The highest BCUT2D eigenvalue weighted by Gasteiger charge is 2.09. The van der Waals surface area contributed by atoms with Crippen molar-refractivity contribution in [1.29, 1.82) is 0 Å². The molecular weight excluding hydrogens is 238 g/mol. The van der Waals surface area contributed by atoms with Crippen molar-refractivity contribution < 1.29 is 21.9 Å². The molecule has 1 radical (unpaired) electrons. The summed E-state index contributed by atoms with van der Waals surface area (Å²) in [7, 11) is -3.05. The van der Waals surface area contributed by atoms with Crippen molar-refractivity contribution in [1.82, 2.24) is 0 Å². The molecule has 1 aromatic carbocycles. The SMILES string of the molecule is CS(=O)(=O)CCCOc1[c]ccc(F)c1F. The molecule has 6 heteroatoms. The van der Waals surface area contributed by atoms with E-state index < -0.39 is 21.5 Å². The maximum absolute atomic E-state index is 13.0. The van der Waals surface area contributed by atoms with Crippen molar-refractivity contribution in [3.63, 3.8) is 0 Å². The van der Waals surface area contributed by atoms with Crippen molar-refractivity contribution in [3.05, 3.63) is 29.8 Å². The van der Waals surface area contributed by atoms with Crippen molar-refractivity contribution in [2.45, 2.75) is 6.42 Å². The lowest BCUT2D eigenvalue weighted by Crippen LogP contribution is -2.08. The third kappa shape index (κ3) is 4.14. The highest BCUT2D eigenvalue weighted by Crippen LogP contribution is 2.18. The summed E-state index contributed by atoms with van der Waals surface area (Å²) in [6, 6.07) is 4.52. The summed E-state index contributed by atoms with van der Waals surface area (Å²) in [6.07, 6.45) is 1.32. The van der Waals surface area contributed by atoms with Crippen LogP contribution < -0.4 is 4.74 Å². The van der Waals surface area contributed by atoms with E-state index in [1.54, 1.807) is 0 Å². The fraction of sp³-hybridized carbons (Fsp3) is 0.400. The maximum atomic E-state index is 13.0. The van der Waals surface area contributed by atoms with Gasteiger partial charge in [-0.3, -0.25) is 0 Å². The Morgan fingerprint density at radius 2 is 2.12 bits per heavy atom. The molecule has 0 amide bonds. The normalized spacial score (nSPS) is 11.4. The Hall–Kier alpha value is -1.17. The molecule has 0 bridgehead atoms. The van der Waals surface area contributed by atoms with E-state index in [1.165, 1.54) is 6.07 Å². The molecule has 0 aromatic heterocycles. The maximum Gasteiger partial charge on any atom is 0.201 e. The summed E-state index contributed by atoms with van der Waals surface area (Å²) in [5.41, 5.74) is 0. The van der Waals surface area contributed by atoms with E-state index in [1.807, 2.05) is 0 Å². The molecule has 1 rings (SSSR count). The molecule has 16 heavy (non-hydrogen) atoms. The van der Waals surface area contributed by atoms with E-state index in [0.717, 1.165) is 12.3 Å². The summed E-state index contributed by atoms with van der Waals surface area (Å²) in [4.78, 5) is 0. The molecule has 0 aliphatic carbocycles. The molecule has 1 aromatic rings. The average Bonchev–Trinajstić information content (AvgIpc) is 2.17. The van der Waals surface area contributed by atoms with E-state index in [0.29, 0.717) is 0 Å². The number of sulfone groups is 1. The zero-order valence-corrected chi connectivity index (χ0v) is 9.48. The average molecular weight is 249 g/mol. The number of hydrogen-bond acceptors (Lipinski definition) is 3. The summed E-state index contributed by atoms with van der Waals surface area (Å²) >= 11 is 0. The quantitative estimate of drug-likeness (QED) is 0.744. The van der Waals surface area contributed by atoms with E-state index in [9.17, 15) is 17.2 Å². The van der Waals surface area contributed by atoms with Gasteiger partial charge in [0, 0.05) is 12.3 Å². The Morgan fingerprint density at radius 3 is 2.75 bits per heavy atom. The molecule has 0 unspecified atom stereocenters. The van der Waals surface area contributed by atoms with E-state index in [2.05, 4.69) is 6.07 Å². The number of ether oxygens (including phenoxy) is 1. The summed E-state index contributed by atoms with van der Waals surface area (Å²) in [5, 5.41) is 0. The van der Waals surface area contributed by atoms with Crippen LogP contribution in [-0.4, -0.2) is 27.0 Å². The minimum absolute atomic E-state index is 0.00391. The molecule has 3 nitrogen and oxygen atoms in total. The van der Waals surface area contributed by atoms with Gasteiger partial charge in [-0.2, -0.15) is 4.39 Å². The zero-order valence-electron chi connectivity index (χ0n) is 8.66. The molecule has 89 valence electrons. The minimum Gasteiger partial charge on any atom is -0.490 e. The van der Waals surface area contributed by atoms with Crippen LogP contribution >= 0.6 is 0 Å². The van der Waals surface area contributed by atoms with Crippen LogP contribution in [0.1, 0.15) is 6.42 Å². The van der Waals surface area contributed by atoms with Crippen LogP contribution in [0.4, 0.5) is 8.78 Å². The van der Waals surface area contributed by atoms with E-state index in [4.69, 9.17) is 4.74 Å². The summed E-state index contributed by atoms with van der Waals surface area (Å²) < 4.78 is 52.1. The Labute approximate surface area is 93.0 Å². The first kappa shape index (κ1) is 12.9. The monoisotopic (exact) mass is 249 g/mol. The lowest BCUT2D eigenvalue weighted by Gasteiger charge is -2.06. The van der Waals surface area contributed by atoms with Crippen LogP contribution in [0.5, 0.6) is 5.75 Å². The fourth-order valence-corrected chi connectivity index (χ4v) is 1.68. The third-order valence-electron chi connectivity index (χ3n) is 1.76. The predicted octanol–water partition coefficient (Wildman–Crippen LogP) is 1.58. The Bertz CT molecular complexity index is 457. The van der Waals surface area contributed by atoms with E-state index >= 15 is 0 Å². The first-order valence-corrected chi connectivity index (χ1v) is 6.62. The van der Waals surface area contributed by atoms with Gasteiger partial charge in [-0.25, -0.2) is 12.8 Å². The van der Waals surface area contributed by atoms with Crippen LogP contribution in [-0.2, 0) is 9.84 Å². The van der Waals surface area contributed by atoms with Gasteiger partial charge >= 0.3 is 0 Å². The second-order valence-corrected chi connectivity index (χ2v) is 5.56. The lowest BCUT2D eigenvalue weighted by molar-refractivity contribution is 0.295. The van der Waals surface area contributed by atoms with E-state index in [-0.39, 0.29) is 24.5 Å². The highest BCUT2D eigenvalue weighted by atomic mass is 32.2. The van der Waals surface area contributed by atoms with Crippen molar-refractivity contribution in [3.8, 4) is 5.75 Å². The first-order valence-electron chi connectivity index (χ1n) is 4.56. The zero-order chi connectivity index (χ0) is 12.2. The van der Waals surface area contributed by atoms with Gasteiger partial charge in [0.2, 0.25) is 5.82 Å². The van der Waals surface area contributed by atoms with Gasteiger partial charge in [-0.15, -0.1) is 0 Å². The topological polar surface area (TPSA) is 43.4 Å². The van der Waals surface area contributed by atoms with Crippen molar-refractivity contribution in [2.24, 2.45) is 0 Å². The molecule has 0 aliphatic heterocycles. The van der Waals surface area contributed by atoms with Crippen LogP contribution in [0.2, 0.25) is 0 Å². The largest absolute Gasteiger partial charge is 0.490 e. The molecular formula is C10H11F2O3S. The molecule has 0 fully saturated rings. The van der Waals surface area contributed by atoms with Gasteiger partial charge in [0.15, 0.2) is 11.6 Å². The van der Waals surface area contributed by atoms with Gasteiger partial charge in [0.05, 0.1) is 12.4 Å². The van der Waals surface area contributed by atoms with Crippen molar-refractivity contribution >= 4 is 9.84 Å². The van der Waals surface area contributed by atoms with Gasteiger partial charge < -0.3 is 4.74 Å². The lowest BCUT2D eigenvalue weighted by atomic mass is 10.3. The second-order valence-electron chi connectivity index (χ2n) is 3.30. The highest BCUT2D eigenvalue weighted by molar-refractivity contribution is 7.90. The molecule has 0 saturated carbocycles. The first-order chi connectivity index (χ1) is 7.40. The second kappa shape index (κ2) is 5.25. The summed E-state index contributed by atoms with van der Waals surface area (Å²) in [6.45, 7) is 0.00391. The number of benzene rings is 1. The fourth-order valence-electron chi connectivity index (χ4n) is 1.04. The molecule has 0 saturated heterocycles. The molecule has 0 heterocycles. The van der Waals surface area contributed by atoms with Gasteiger partial charge in [-0.1, -0.05) is 0 Å². The number of rotatable bonds is 5. The summed E-state index contributed by atoms with van der Waals surface area (Å²) in [5.74, 6) is -2.50. The number of halogens is 2. The van der Waals surface area contributed by atoms with Gasteiger partial charge in [-0.05, 0) is 18.6 Å². The molecule has 0 atom stereocenters.